The van der Waals surface area contributed by atoms with E-state index in [0.717, 1.165) is 27.9 Å². The monoisotopic (exact) mass is 333 g/mol. The van der Waals surface area contributed by atoms with Gasteiger partial charge < -0.3 is 19.5 Å². The van der Waals surface area contributed by atoms with E-state index in [2.05, 4.69) is 0 Å². The lowest BCUT2D eigenvalue weighted by atomic mass is 10.1. The fourth-order valence-corrected chi connectivity index (χ4v) is 2.65. The van der Waals surface area contributed by atoms with Crippen LogP contribution in [-0.2, 0) is 13.0 Å². The fourth-order valence-electron chi connectivity index (χ4n) is 2.65. The molecule has 0 fully saturated rings. The first kappa shape index (κ1) is 17.2. The van der Waals surface area contributed by atoms with Crippen molar-refractivity contribution in [1.82, 2.24) is 4.90 Å². The van der Waals surface area contributed by atoms with Crippen LogP contribution in [0.1, 0.15) is 16.9 Å². The summed E-state index contributed by atoms with van der Waals surface area (Å²) in [5, 5.41) is 20.6. The second kappa shape index (κ2) is 6.94. The van der Waals surface area contributed by atoms with Crippen LogP contribution in [0.3, 0.4) is 0 Å². The van der Waals surface area contributed by atoms with Crippen LogP contribution >= 0.6 is 12.4 Å². The Balaban J connectivity index is 0.00000192. The van der Waals surface area contributed by atoms with E-state index >= 15 is 0 Å². The Morgan fingerprint density at radius 3 is 2.52 bits per heavy atom. The van der Waals surface area contributed by atoms with E-state index < -0.39 is 0 Å². The Kier molecular flexibility index (Phi) is 5.19. The topological polar surface area (TPSA) is 56.8 Å². The number of phenols is 2. The van der Waals surface area contributed by atoms with Gasteiger partial charge >= 0.3 is 0 Å². The van der Waals surface area contributed by atoms with Gasteiger partial charge in [0.2, 0.25) is 0 Å². The van der Waals surface area contributed by atoms with E-state index in [1.165, 1.54) is 0 Å². The van der Waals surface area contributed by atoms with Crippen LogP contribution in [-0.4, -0.2) is 29.2 Å². The van der Waals surface area contributed by atoms with Crippen molar-refractivity contribution >= 4 is 23.4 Å². The third kappa shape index (κ3) is 3.78. The van der Waals surface area contributed by atoms with E-state index in [9.17, 15) is 10.2 Å². The molecule has 122 valence electrons. The second-order valence-corrected chi connectivity index (χ2v) is 5.77. The number of rotatable bonds is 4. The molecule has 23 heavy (non-hydrogen) atoms. The quantitative estimate of drug-likeness (QED) is 0.760. The zero-order chi connectivity index (χ0) is 15.7. The second-order valence-electron chi connectivity index (χ2n) is 5.77. The van der Waals surface area contributed by atoms with Crippen LogP contribution in [0.4, 0.5) is 0 Å². The standard InChI is InChI=1S/C18H19NO3.ClH/c1-19(2)11-16-15-10-14(22-18(15)7-6-17(16)21)9-12-4-3-5-13(20)8-12;/h3-8,10,20-21H,9,11H2,1-2H3;1H. The number of furan rings is 1. The van der Waals surface area contributed by atoms with Gasteiger partial charge in [-0.2, -0.15) is 0 Å². The number of halogens is 1. The Bertz CT molecular complexity index is 811. The van der Waals surface area contributed by atoms with Crippen LogP contribution in [0.15, 0.2) is 46.9 Å². The Labute approximate surface area is 141 Å². The van der Waals surface area contributed by atoms with Gasteiger partial charge in [0.1, 0.15) is 22.8 Å². The molecule has 0 bridgehead atoms. The summed E-state index contributed by atoms with van der Waals surface area (Å²) in [6, 6.07) is 12.6. The lowest BCUT2D eigenvalue weighted by Crippen LogP contribution is -2.10. The SMILES string of the molecule is CN(C)Cc1c(O)ccc2oc(Cc3cccc(O)c3)cc12.Cl. The molecule has 4 nitrogen and oxygen atoms in total. The molecule has 1 aromatic heterocycles. The van der Waals surface area contributed by atoms with E-state index in [4.69, 9.17) is 4.42 Å². The highest BCUT2D eigenvalue weighted by molar-refractivity contribution is 5.85. The van der Waals surface area contributed by atoms with Gasteiger partial charge in [0.25, 0.3) is 0 Å². The maximum absolute atomic E-state index is 10.1. The number of hydrogen-bond donors (Lipinski definition) is 2. The van der Waals surface area contributed by atoms with Gasteiger partial charge in [-0.05, 0) is 50.0 Å². The summed E-state index contributed by atoms with van der Waals surface area (Å²) >= 11 is 0. The third-order valence-electron chi connectivity index (χ3n) is 3.60. The molecule has 0 amide bonds. The summed E-state index contributed by atoms with van der Waals surface area (Å²) in [6.07, 6.45) is 0.602. The molecule has 2 aromatic carbocycles. The molecule has 0 saturated heterocycles. The normalized spacial score (nSPS) is 10.9. The summed E-state index contributed by atoms with van der Waals surface area (Å²) in [7, 11) is 3.93. The van der Waals surface area contributed by atoms with Crippen molar-refractivity contribution in [2.75, 3.05) is 14.1 Å². The average Bonchev–Trinajstić information content (AvgIpc) is 2.84. The van der Waals surface area contributed by atoms with Crippen molar-refractivity contribution in [2.24, 2.45) is 0 Å². The van der Waals surface area contributed by atoms with Crippen molar-refractivity contribution < 1.29 is 14.6 Å². The molecular weight excluding hydrogens is 314 g/mol. The van der Waals surface area contributed by atoms with Crippen molar-refractivity contribution in [1.29, 1.82) is 0 Å². The Hall–Kier alpha value is -2.17. The van der Waals surface area contributed by atoms with Gasteiger partial charge in [0.15, 0.2) is 0 Å². The van der Waals surface area contributed by atoms with Crippen molar-refractivity contribution in [2.45, 2.75) is 13.0 Å². The molecule has 0 unspecified atom stereocenters. The van der Waals surface area contributed by atoms with Gasteiger partial charge in [0, 0.05) is 23.9 Å². The number of fused-ring (bicyclic) bond motifs is 1. The number of aromatic hydroxyl groups is 2. The first-order chi connectivity index (χ1) is 10.5. The van der Waals surface area contributed by atoms with Crippen molar-refractivity contribution in [3.8, 4) is 11.5 Å². The van der Waals surface area contributed by atoms with Crippen molar-refractivity contribution in [3.63, 3.8) is 0 Å². The minimum Gasteiger partial charge on any atom is -0.508 e. The van der Waals surface area contributed by atoms with Crippen molar-refractivity contribution in [3.05, 3.63) is 59.4 Å². The summed E-state index contributed by atoms with van der Waals surface area (Å²) in [5.41, 5.74) is 2.62. The highest BCUT2D eigenvalue weighted by atomic mass is 35.5. The number of phenolic OH excluding ortho intramolecular Hbond substituents is 2. The summed E-state index contributed by atoms with van der Waals surface area (Å²) < 4.78 is 5.88. The Morgan fingerprint density at radius 1 is 1.04 bits per heavy atom. The molecule has 0 radical (unpaired) electrons. The Morgan fingerprint density at radius 2 is 1.83 bits per heavy atom. The molecule has 3 rings (SSSR count). The van der Waals surface area contributed by atoms with Gasteiger partial charge in [-0.1, -0.05) is 12.1 Å². The molecule has 2 N–H and O–H groups in total. The van der Waals surface area contributed by atoms with E-state index in [1.54, 1.807) is 24.3 Å². The van der Waals surface area contributed by atoms with Crippen LogP contribution in [0, 0.1) is 0 Å². The van der Waals surface area contributed by atoms with Gasteiger partial charge in [-0.3, -0.25) is 0 Å². The summed E-state index contributed by atoms with van der Waals surface area (Å²) in [5.74, 6) is 1.34. The van der Waals surface area contributed by atoms with Crippen LogP contribution < -0.4 is 0 Å². The van der Waals surface area contributed by atoms with Gasteiger partial charge in [-0.25, -0.2) is 0 Å². The smallest absolute Gasteiger partial charge is 0.134 e. The molecule has 1 heterocycles. The fraction of sp³-hybridized carbons (Fsp3) is 0.222. The molecular formula is C18H20ClNO3. The van der Waals surface area contributed by atoms with Gasteiger partial charge in [-0.15, -0.1) is 12.4 Å². The lowest BCUT2D eigenvalue weighted by molar-refractivity contribution is 0.388. The summed E-state index contributed by atoms with van der Waals surface area (Å²) in [4.78, 5) is 2.01. The highest BCUT2D eigenvalue weighted by Crippen LogP contribution is 2.31. The predicted molar refractivity (Wildman–Crippen MR) is 93.4 cm³/mol. The predicted octanol–water partition coefficient (Wildman–Crippen LogP) is 3.92. The molecule has 0 aliphatic heterocycles. The van der Waals surface area contributed by atoms with Gasteiger partial charge in [0.05, 0.1) is 0 Å². The highest BCUT2D eigenvalue weighted by Gasteiger charge is 2.13. The van der Waals surface area contributed by atoms with Crippen LogP contribution in [0.2, 0.25) is 0 Å². The maximum Gasteiger partial charge on any atom is 0.134 e. The molecule has 3 aromatic rings. The van der Waals surface area contributed by atoms with Crippen LogP contribution in [0.5, 0.6) is 11.5 Å². The molecule has 0 aliphatic carbocycles. The first-order valence-corrected chi connectivity index (χ1v) is 7.19. The molecule has 0 saturated carbocycles. The maximum atomic E-state index is 10.1. The molecule has 0 aliphatic rings. The van der Waals surface area contributed by atoms with E-state index in [1.807, 2.05) is 37.2 Å². The minimum absolute atomic E-state index is 0. The number of hydrogen-bond acceptors (Lipinski definition) is 4. The largest absolute Gasteiger partial charge is 0.508 e. The lowest BCUT2D eigenvalue weighted by Gasteiger charge is -2.11. The summed E-state index contributed by atoms with van der Waals surface area (Å²) in [6.45, 7) is 0.647. The molecule has 5 heteroatoms. The van der Waals surface area contributed by atoms with E-state index in [0.29, 0.717) is 13.0 Å². The zero-order valence-electron chi connectivity index (χ0n) is 13.1. The average molecular weight is 334 g/mol. The first-order valence-electron chi connectivity index (χ1n) is 7.19. The zero-order valence-corrected chi connectivity index (χ0v) is 13.9. The third-order valence-corrected chi connectivity index (χ3v) is 3.60. The number of nitrogens with zero attached hydrogens (tertiary/aromatic N) is 1. The van der Waals surface area contributed by atoms with E-state index in [-0.39, 0.29) is 23.9 Å². The molecule has 0 spiro atoms. The van der Waals surface area contributed by atoms with Crippen LogP contribution in [0.25, 0.3) is 11.0 Å². The minimum atomic E-state index is 0. The molecule has 0 atom stereocenters. The number of benzene rings is 2.